The summed E-state index contributed by atoms with van der Waals surface area (Å²) in [6.07, 6.45) is 4.39. The lowest BCUT2D eigenvalue weighted by Crippen LogP contribution is -2.06. The van der Waals surface area contributed by atoms with Crippen molar-refractivity contribution in [3.63, 3.8) is 0 Å². The van der Waals surface area contributed by atoms with Crippen molar-refractivity contribution in [1.82, 2.24) is 9.55 Å². The molecule has 0 saturated heterocycles. The van der Waals surface area contributed by atoms with Crippen LogP contribution in [0.4, 0.5) is 4.39 Å². The van der Waals surface area contributed by atoms with Crippen LogP contribution in [-0.2, 0) is 13.2 Å². The molecule has 0 aliphatic heterocycles. The number of nitrogens with zero attached hydrogens (tertiary/aromatic N) is 2. The first kappa shape index (κ1) is 14.0. The zero-order valence-corrected chi connectivity index (χ0v) is 11.0. The molecule has 20 heavy (non-hydrogen) atoms. The molecular weight excluding hydrogens is 263 g/mol. The minimum atomic E-state index is -1.30. The molecule has 106 valence electrons. The first-order valence-electron chi connectivity index (χ1n) is 6.26. The van der Waals surface area contributed by atoms with Crippen molar-refractivity contribution in [3.05, 3.63) is 47.8 Å². The molecular formula is C14H15FN2O3. The van der Waals surface area contributed by atoms with Crippen molar-refractivity contribution >= 4 is 5.97 Å². The molecule has 2 aromatic rings. The van der Waals surface area contributed by atoms with Gasteiger partial charge < -0.3 is 14.4 Å². The third kappa shape index (κ3) is 3.14. The summed E-state index contributed by atoms with van der Waals surface area (Å²) >= 11 is 0. The molecule has 6 heteroatoms. The Bertz CT molecular complexity index is 610. The van der Waals surface area contributed by atoms with Crippen LogP contribution in [0, 0.1) is 5.82 Å². The number of carbonyl (C=O) groups is 1. The molecule has 0 saturated carbocycles. The van der Waals surface area contributed by atoms with Crippen LogP contribution in [0.1, 0.15) is 29.4 Å². The number of carboxylic acid groups (broad SMARTS) is 1. The summed E-state index contributed by atoms with van der Waals surface area (Å²) in [5, 5.41) is 8.74. The van der Waals surface area contributed by atoms with Crippen LogP contribution in [0.25, 0.3) is 0 Å². The number of aromatic nitrogens is 2. The molecule has 0 fully saturated rings. The second kappa shape index (κ2) is 6.18. The molecule has 5 nitrogen and oxygen atoms in total. The third-order valence-corrected chi connectivity index (χ3v) is 2.82. The summed E-state index contributed by atoms with van der Waals surface area (Å²) in [4.78, 5) is 14.7. The van der Waals surface area contributed by atoms with Crippen LogP contribution in [0.15, 0.2) is 30.7 Å². The Morgan fingerprint density at radius 1 is 1.50 bits per heavy atom. The van der Waals surface area contributed by atoms with E-state index < -0.39 is 11.8 Å². The average molecular weight is 278 g/mol. The fourth-order valence-electron chi connectivity index (χ4n) is 1.83. The molecule has 0 atom stereocenters. The van der Waals surface area contributed by atoms with E-state index in [9.17, 15) is 9.18 Å². The van der Waals surface area contributed by atoms with E-state index in [0.29, 0.717) is 0 Å². The largest absolute Gasteiger partial charge is 0.487 e. The number of benzene rings is 1. The second-order valence-corrected chi connectivity index (χ2v) is 4.31. The molecule has 1 aromatic carbocycles. The summed E-state index contributed by atoms with van der Waals surface area (Å²) in [7, 11) is 0. The van der Waals surface area contributed by atoms with Crippen LogP contribution >= 0.6 is 0 Å². The molecule has 0 aliphatic carbocycles. The van der Waals surface area contributed by atoms with Gasteiger partial charge in [0.2, 0.25) is 0 Å². The van der Waals surface area contributed by atoms with Gasteiger partial charge in [-0.05, 0) is 18.6 Å². The maximum absolute atomic E-state index is 13.5. The highest BCUT2D eigenvalue weighted by atomic mass is 19.1. The minimum absolute atomic E-state index is 0.256. The van der Waals surface area contributed by atoms with Crippen molar-refractivity contribution in [3.8, 4) is 5.75 Å². The van der Waals surface area contributed by atoms with Gasteiger partial charge in [-0.2, -0.15) is 0 Å². The number of aryl methyl sites for hydroxylation is 1. The van der Waals surface area contributed by atoms with E-state index in [4.69, 9.17) is 9.84 Å². The Kier molecular flexibility index (Phi) is 4.34. The molecule has 0 aliphatic rings. The lowest BCUT2D eigenvalue weighted by Gasteiger charge is -2.09. The molecule has 1 heterocycles. The Balaban J connectivity index is 2.05. The Morgan fingerprint density at radius 3 is 2.95 bits per heavy atom. The van der Waals surface area contributed by atoms with Gasteiger partial charge in [0.1, 0.15) is 18.2 Å². The molecule has 0 unspecified atom stereocenters. The van der Waals surface area contributed by atoms with E-state index in [1.165, 1.54) is 12.1 Å². The van der Waals surface area contributed by atoms with Gasteiger partial charge in [0.15, 0.2) is 0 Å². The standard InChI is InChI=1S/C14H15FN2O3/c1-2-5-17-9-16-7-10(17)8-20-11-3-4-12(14(18)19)13(15)6-11/h3-4,6-7,9H,2,5,8H2,1H3,(H,18,19). The number of carboxylic acids is 1. The van der Waals surface area contributed by atoms with E-state index in [1.54, 1.807) is 12.5 Å². The molecule has 1 aromatic heterocycles. The Morgan fingerprint density at radius 2 is 2.30 bits per heavy atom. The van der Waals surface area contributed by atoms with Gasteiger partial charge in [-0.3, -0.25) is 0 Å². The van der Waals surface area contributed by atoms with Crippen LogP contribution in [0.2, 0.25) is 0 Å². The molecule has 2 rings (SSSR count). The number of ether oxygens (including phenoxy) is 1. The first-order valence-corrected chi connectivity index (χ1v) is 6.26. The average Bonchev–Trinajstić information content (AvgIpc) is 2.84. The molecule has 0 spiro atoms. The lowest BCUT2D eigenvalue weighted by atomic mass is 10.2. The van der Waals surface area contributed by atoms with E-state index in [1.807, 2.05) is 4.57 Å². The van der Waals surface area contributed by atoms with E-state index in [2.05, 4.69) is 11.9 Å². The third-order valence-electron chi connectivity index (χ3n) is 2.82. The van der Waals surface area contributed by atoms with Crippen LogP contribution in [0.5, 0.6) is 5.75 Å². The van der Waals surface area contributed by atoms with E-state index >= 15 is 0 Å². The Hall–Kier alpha value is -2.37. The summed E-state index contributed by atoms with van der Waals surface area (Å²) in [6.45, 7) is 3.15. The topological polar surface area (TPSA) is 64.4 Å². The normalized spacial score (nSPS) is 10.5. The fraction of sp³-hybridized carbons (Fsp3) is 0.286. The zero-order valence-electron chi connectivity index (χ0n) is 11.0. The van der Waals surface area contributed by atoms with Crippen LogP contribution in [0.3, 0.4) is 0 Å². The summed E-state index contributed by atoms with van der Waals surface area (Å²) in [5.74, 6) is -1.82. The summed E-state index contributed by atoms with van der Waals surface area (Å²) in [5.41, 5.74) is 0.517. The molecule has 0 amide bonds. The van der Waals surface area contributed by atoms with Crippen molar-refractivity contribution < 1.29 is 19.0 Å². The van der Waals surface area contributed by atoms with Crippen LogP contribution < -0.4 is 4.74 Å². The van der Waals surface area contributed by atoms with Crippen molar-refractivity contribution in [2.75, 3.05) is 0 Å². The number of imidazole rings is 1. The van der Waals surface area contributed by atoms with Gasteiger partial charge in [-0.15, -0.1) is 0 Å². The Labute approximate surface area is 115 Å². The highest BCUT2D eigenvalue weighted by Crippen LogP contribution is 2.18. The zero-order chi connectivity index (χ0) is 14.5. The second-order valence-electron chi connectivity index (χ2n) is 4.31. The molecule has 0 radical (unpaired) electrons. The molecule has 0 bridgehead atoms. The number of hydrogen-bond acceptors (Lipinski definition) is 3. The highest BCUT2D eigenvalue weighted by molar-refractivity contribution is 5.88. The van der Waals surface area contributed by atoms with Crippen molar-refractivity contribution in [2.24, 2.45) is 0 Å². The predicted octanol–water partition coefficient (Wildman–Crippen LogP) is 2.71. The summed E-state index contributed by atoms with van der Waals surface area (Å²) < 4.78 is 20.9. The smallest absolute Gasteiger partial charge is 0.338 e. The molecule has 1 N–H and O–H groups in total. The van der Waals surface area contributed by atoms with Gasteiger partial charge in [0.05, 0.1) is 23.8 Å². The highest BCUT2D eigenvalue weighted by Gasteiger charge is 2.11. The van der Waals surface area contributed by atoms with E-state index in [0.717, 1.165) is 24.7 Å². The number of aromatic carboxylic acids is 1. The van der Waals surface area contributed by atoms with Gasteiger partial charge in [0, 0.05) is 12.6 Å². The van der Waals surface area contributed by atoms with Gasteiger partial charge in [0.25, 0.3) is 0 Å². The van der Waals surface area contributed by atoms with Gasteiger partial charge >= 0.3 is 5.97 Å². The van der Waals surface area contributed by atoms with Gasteiger partial charge in [-0.1, -0.05) is 6.92 Å². The quantitative estimate of drug-likeness (QED) is 0.882. The SMILES string of the molecule is CCCn1cncc1COc1ccc(C(=O)O)c(F)c1. The number of rotatable bonds is 6. The van der Waals surface area contributed by atoms with Crippen molar-refractivity contribution in [1.29, 1.82) is 0 Å². The minimum Gasteiger partial charge on any atom is -0.487 e. The number of hydrogen-bond donors (Lipinski definition) is 1. The maximum atomic E-state index is 13.5. The lowest BCUT2D eigenvalue weighted by molar-refractivity contribution is 0.0692. The first-order chi connectivity index (χ1) is 9.61. The monoisotopic (exact) mass is 278 g/mol. The fourth-order valence-corrected chi connectivity index (χ4v) is 1.83. The van der Waals surface area contributed by atoms with Crippen molar-refractivity contribution in [2.45, 2.75) is 26.5 Å². The maximum Gasteiger partial charge on any atom is 0.338 e. The van der Waals surface area contributed by atoms with Gasteiger partial charge in [-0.25, -0.2) is 14.2 Å². The predicted molar refractivity (Wildman–Crippen MR) is 70.2 cm³/mol. The van der Waals surface area contributed by atoms with E-state index in [-0.39, 0.29) is 17.9 Å². The summed E-state index contributed by atoms with van der Waals surface area (Å²) in [6, 6.07) is 3.70. The number of halogens is 1. The van der Waals surface area contributed by atoms with Crippen LogP contribution in [-0.4, -0.2) is 20.6 Å².